The van der Waals surface area contributed by atoms with E-state index in [-0.39, 0.29) is 0 Å². The van der Waals surface area contributed by atoms with Gasteiger partial charge in [-0.1, -0.05) is 140 Å². The maximum absolute atomic E-state index is 6.53. The third-order valence-electron chi connectivity index (χ3n) is 12.0. The Morgan fingerprint density at radius 2 is 0.864 bits per heavy atom. The zero-order valence-electron chi connectivity index (χ0n) is 32.1. The summed E-state index contributed by atoms with van der Waals surface area (Å²) in [7, 11) is 0. The molecule has 3 nitrogen and oxygen atoms in total. The Balaban J connectivity index is 0.914. The molecular formula is C56H36N2O. The van der Waals surface area contributed by atoms with E-state index >= 15 is 0 Å². The molecule has 0 radical (unpaired) electrons. The molecule has 276 valence electrons. The number of nitrogens with zero attached hydrogens (tertiary/aromatic N) is 2. The van der Waals surface area contributed by atoms with Crippen molar-refractivity contribution in [2.75, 3.05) is 4.90 Å². The Kier molecular flexibility index (Phi) is 7.54. The first-order valence-electron chi connectivity index (χ1n) is 20.2. The van der Waals surface area contributed by atoms with Crippen molar-refractivity contribution in [2.45, 2.75) is 0 Å². The molecule has 0 saturated carbocycles. The lowest BCUT2D eigenvalue weighted by Gasteiger charge is -2.26. The second kappa shape index (κ2) is 13.4. The fourth-order valence-corrected chi connectivity index (χ4v) is 9.08. The largest absolute Gasteiger partial charge is 0.455 e. The summed E-state index contributed by atoms with van der Waals surface area (Å²) >= 11 is 0. The van der Waals surface area contributed by atoms with Gasteiger partial charge in [0, 0.05) is 49.7 Å². The lowest BCUT2D eigenvalue weighted by Crippen LogP contribution is -2.09. The standard InChI is InChI=1S/C56H36N2O/c1-2-12-41-35-47(31-24-37(41)10-1)57(45-29-22-39(23-30-45)43-26-32-51-52-33-25-40-11-3-4-15-48(40)56(52)59-55(51)36-43)44-27-20-38(21-28-44)42-13-9-14-46(34-42)58-53-18-7-5-16-49(53)50-17-6-8-19-54(50)58/h1-36H. The van der Waals surface area contributed by atoms with Crippen molar-refractivity contribution in [3.8, 4) is 27.9 Å². The van der Waals surface area contributed by atoms with Crippen molar-refractivity contribution in [1.29, 1.82) is 0 Å². The SMILES string of the molecule is c1cc(-c2ccc(N(c3ccc(-c4ccc5c(c4)oc4c6ccccc6ccc54)cc3)c3ccc4ccccc4c3)cc2)cc(-n2c3ccccc3c3ccccc32)c1. The molecule has 0 bridgehead atoms. The van der Waals surface area contributed by atoms with Gasteiger partial charge < -0.3 is 13.9 Å². The maximum atomic E-state index is 6.53. The van der Waals surface area contributed by atoms with E-state index in [2.05, 4.69) is 228 Å². The van der Waals surface area contributed by atoms with E-state index in [1.54, 1.807) is 0 Å². The number of benzene rings is 10. The van der Waals surface area contributed by atoms with E-state index in [0.717, 1.165) is 61.2 Å². The summed E-state index contributed by atoms with van der Waals surface area (Å²) in [6.07, 6.45) is 0. The third-order valence-corrected chi connectivity index (χ3v) is 12.0. The van der Waals surface area contributed by atoms with Gasteiger partial charge in [0.1, 0.15) is 11.2 Å². The highest BCUT2D eigenvalue weighted by Crippen LogP contribution is 2.40. The molecular weight excluding hydrogens is 717 g/mol. The van der Waals surface area contributed by atoms with Crippen LogP contribution in [0, 0.1) is 0 Å². The van der Waals surface area contributed by atoms with Crippen LogP contribution in [0.4, 0.5) is 17.1 Å². The number of fused-ring (bicyclic) bond motifs is 9. The summed E-state index contributed by atoms with van der Waals surface area (Å²) in [5, 5.41) is 9.56. The van der Waals surface area contributed by atoms with Crippen molar-refractivity contribution < 1.29 is 4.42 Å². The molecule has 0 saturated heterocycles. The van der Waals surface area contributed by atoms with Crippen LogP contribution in [0.1, 0.15) is 0 Å². The number of aromatic nitrogens is 1. The normalized spacial score (nSPS) is 11.7. The molecule has 10 aromatic carbocycles. The third kappa shape index (κ3) is 5.51. The zero-order valence-corrected chi connectivity index (χ0v) is 32.1. The smallest absolute Gasteiger partial charge is 0.143 e. The van der Waals surface area contributed by atoms with Gasteiger partial charge in [0.15, 0.2) is 0 Å². The first kappa shape index (κ1) is 33.3. The Labute approximate surface area is 341 Å². The minimum Gasteiger partial charge on any atom is -0.455 e. The highest BCUT2D eigenvalue weighted by Gasteiger charge is 2.17. The minimum absolute atomic E-state index is 0.899. The molecule has 0 aliphatic carbocycles. The first-order chi connectivity index (χ1) is 29.2. The predicted molar refractivity (Wildman–Crippen MR) is 249 cm³/mol. The number of para-hydroxylation sites is 2. The van der Waals surface area contributed by atoms with Crippen LogP contribution < -0.4 is 4.90 Å². The fraction of sp³-hybridized carbons (Fsp3) is 0. The topological polar surface area (TPSA) is 21.3 Å². The van der Waals surface area contributed by atoms with Crippen molar-refractivity contribution in [1.82, 2.24) is 4.57 Å². The number of rotatable bonds is 6. The van der Waals surface area contributed by atoms with Crippen LogP contribution in [0.15, 0.2) is 223 Å². The highest BCUT2D eigenvalue weighted by atomic mass is 16.3. The molecule has 0 N–H and O–H groups in total. The van der Waals surface area contributed by atoms with E-state index in [9.17, 15) is 0 Å². The van der Waals surface area contributed by atoms with E-state index < -0.39 is 0 Å². The molecule has 0 spiro atoms. The van der Waals surface area contributed by atoms with Crippen LogP contribution >= 0.6 is 0 Å². The van der Waals surface area contributed by atoms with Gasteiger partial charge in [-0.25, -0.2) is 0 Å². The monoisotopic (exact) mass is 752 g/mol. The van der Waals surface area contributed by atoms with Crippen LogP contribution in [0.5, 0.6) is 0 Å². The van der Waals surface area contributed by atoms with Crippen molar-refractivity contribution in [3.05, 3.63) is 218 Å². The average molecular weight is 753 g/mol. The molecule has 2 aromatic heterocycles. The van der Waals surface area contributed by atoms with Crippen LogP contribution in [0.25, 0.3) is 93.2 Å². The van der Waals surface area contributed by atoms with E-state index in [0.29, 0.717) is 0 Å². The zero-order chi connectivity index (χ0) is 38.9. The van der Waals surface area contributed by atoms with Crippen molar-refractivity contribution in [3.63, 3.8) is 0 Å². The van der Waals surface area contributed by atoms with Gasteiger partial charge in [0.05, 0.1) is 11.0 Å². The summed E-state index contributed by atoms with van der Waals surface area (Å²) in [4.78, 5) is 2.35. The summed E-state index contributed by atoms with van der Waals surface area (Å²) in [6.45, 7) is 0. The Morgan fingerprint density at radius 3 is 1.58 bits per heavy atom. The summed E-state index contributed by atoms with van der Waals surface area (Å²) in [5.74, 6) is 0. The predicted octanol–water partition coefficient (Wildman–Crippen LogP) is 15.8. The van der Waals surface area contributed by atoms with Gasteiger partial charge in [-0.05, 0) is 117 Å². The van der Waals surface area contributed by atoms with Gasteiger partial charge >= 0.3 is 0 Å². The molecule has 12 rings (SSSR count). The Hall–Kier alpha value is -7.88. The average Bonchev–Trinajstić information content (AvgIpc) is 3.85. The van der Waals surface area contributed by atoms with Gasteiger partial charge in [-0.3, -0.25) is 0 Å². The minimum atomic E-state index is 0.899. The Bertz CT molecular complexity index is 3500. The highest BCUT2D eigenvalue weighted by molar-refractivity contribution is 6.15. The van der Waals surface area contributed by atoms with Gasteiger partial charge in [-0.2, -0.15) is 0 Å². The van der Waals surface area contributed by atoms with E-state index in [1.807, 2.05) is 0 Å². The van der Waals surface area contributed by atoms with Gasteiger partial charge in [0.2, 0.25) is 0 Å². The molecule has 0 aliphatic heterocycles. The van der Waals surface area contributed by atoms with Crippen molar-refractivity contribution >= 4 is 82.4 Å². The number of furan rings is 1. The van der Waals surface area contributed by atoms with Crippen LogP contribution in [0.2, 0.25) is 0 Å². The maximum Gasteiger partial charge on any atom is 0.143 e. The Morgan fingerprint density at radius 1 is 0.322 bits per heavy atom. The lowest BCUT2D eigenvalue weighted by atomic mass is 10.0. The molecule has 0 aliphatic rings. The molecule has 2 heterocycles. The van der Waals surface area contributed by atoms with Gasteiger partial charge in [-0.15, -0.1) is 0 Å². The summed E-state index contributed by atoms with van der Waals surface area (Å²) in [5.41, 5.74) is 13.3. The number of hydrogen-bond donors (Lipinski definition) is 0. The quantitative estimate of drug-likeness (QED) is 0.169. The molecule has 0 fully saturated rings. The first-order valence-corrected chi connectivity index (χ1v) is 20.2. The molecule has 3 heteroatoms. The van der Waals surface area contributed by atoms with E-state index in [1.165, 1.54) is 49.1 Å². The molecule has 0 unspecified atom stereocenters. The summed E-state index contributed by atoms with van der Waals surface area (Å²) < 4.78 is 8.91. The van der Waals surface area contributed by atoms with E-state index in [4.69, 9.17) is 4.42 Å². The number of hydrogen-bond acceptors (Lipinski definition) is 2. The van der Waals surface area contributed by atoms with Crippen LogP contribution in [0.3, 0.4) is 0 Å². The van der Waals surface area contributed by atoms with Gasteiger partial charge in [0.25, 0.3) is 0 Å². The molecule has 12 aromatic rings. The second-order valence-electron chi connectivity index (χ2n) is 15.4. The van der Waals surface area contributed by atoms with Crippen LogP contribution in [-0.2, 0) is 0 Å². The van der Waals surface area contributed by atoms with Crippen LogP contribution in [-0.4, -0.2) is 4.57 Å². The second-order valence-corrected chi connectivity index (χ2v) is 15.4. The number of anilines is 3. The summed E-state index contributed by atoms with van der Waals surface area (Å²) in [6, 6.07) is 78.7. The lowest BCUT2D eigenvalue weighted by molar-refractivity contribution is 0.673. The molecule has 0 atom stereocenters. The van der Waals surface area contributed by atoms with Crippen molar-refractivity contribution in [2.24, 2.45) is 0 Å². The fourth-order valence-electron chi connectivity index (χ4n) is 9.08. The molecule has 59 heavy (non-hydrogen) atoms. The molecule has 0 amide bonds.